The van der Waals surface area contributed by atoms with Crippen molar-refractivity contribution in [3.63, 3.8) is 0 Å². The number of carbonyl (C=O) groups excluding carboxylic acids is 1. The molecule has 1 aliphatic heterocycles. The zero-order valence-corrected chi connectivity index (χ0v) is 19.1. The number of hydrogen-bond donors (Lipinski definition) is 1. The fourth-order valence-electron chi connectivity index (χ4n) is 3.68. The number of hydrogen-bond acceptors (Lipinski definition) is 7. The SMILES string of the molecule is COc1ccc(-c2cnnn2-c2ccc(NC(=O)/C=C/c3ccc4c(c3)OCO4)cc2)cc1OC. The summed E-state index contributed by atoms with van der Waals surface area (Å²) in [6.07, 6.45) is 4.87. The first-order valence-corrected chi connectivity index (χ1v) is 10.8. The first-order chi connectivity index (χ1) is 17.1. The zero-order chi connectivity index (χ0) is 24.2. The van der Waals surface area contributed by atoms with Crippen molar-refractivity contribution in [2.75, 3.05) is 26.3 Å². The molecule has 35 heavy (non-hydrogen) atoms. The Morgan fingerprint density at radius 3 is 2.57 bits per heavy atom. The summed E-state index contributed by atoms with van der Waals surface area (Å²) in [4.78, 5) is 12.4. The minimum atomic E-state index is -0.248. The Kier molecular flexibility index (Phi) is 6.04. The van der Waals surface area contributed by atoms with E-state index in [0.717, 1.165) is 22.5 Å². The summed E-state index contributed by atoms with van der Waals surface area (Å²) in [6.45, 7) is 0.212. The standard InChI is InChI=1S/C26H22N4O5/c1-32-22-11-5-18(14-24(22)33-2)21-15-27-29-30(21)20-8-6-19(7-9-20)28-26(31)12-4-17-3-10-23-25(13-17)35-16-34-23/h3-15H,16H2,1-2H3,(H,28,31)/b12-4+. The van der Waals surface area contributed by atoms with Crippen LogP contribution >= 0.6 is 0 Å². The molecule has 2 heterocycles. The average Bonchev–Trinajstić information content (AvgIpc) is 3.57. The first kappa shape index (κ1) is 22.0. The van der Waals surface area contributed by atoms with Crippen molar-refractivity contribution >= 4 is 17.7 Å². The Morgan fingerprint density at radius 2 is 1.77 bits per heavy atom. The van der Waals surface area contributed by atoms with Crippen LogP contribution < -0.4 is 24.3 Å². The lowest BCUT2D eigenvalue weighted by Crippen LogP contribution is -2.08. The highest BCUT2D eigenvalue weighted by molar-refractivity contribution is 6.02. The highest BCUT2D eigenvalue weighted by atomic mass is 16.7. The molecule has 0 aliphatic carbocycles. The molecule has 0 spiro atoms. The molecule has 4 aromatic rings. The molecule has 0 fully saturated rings. The van der Waals surface area contributed by atoms with Crippen molar-refractivity contribution in [2.24, 2.45) is 0 Å². The third-order valence-corrected chi connectivity index (χ3v) is 5.43. The van der Waals surface area contributed by atoms with Gasteiger partial charge >= 0.3 is 0 Å². The van der Waals surface area contributed by atoms with Crippen LogP contribution in [-0.2, 0) is 4.79 Å². The summed E-state index contributed by atoms with van der Waals surface area (Å²) < 4.78 is 23.1. The van der Waals surface area contributed by atoms with E-state index in [0.29, 0.717) is 28.7 Å². The second-order valence-electron chi connectivity index (χ2n) is 7.58. The van der Waals surface area contributed by atoms with Gasteiger partial charge < -0.3 is 24.3 Å². The number of nitrogens with zero attached hydrogens (tertiary/aromatic N) is 3. The van der Waals surface area contributed by atoms with Crippen molar-refractivity contribution < 1.29 is 23.7 Å². The lowest BCUT2D eigenvalue weighted by Gasteiger charge is -2.11. The quantitative estimate of drug-likeness (QED) is 0.402. The number of carbonyl (C=O) groups is 1. The summed E-state index contributed by atoms with van der Waals surface area (Å²) in [6, 6.07) is 18.5. The van der Waals surface area contributed by atoms with Crippen molar-refractivity contribution in [3.8, 4) is 39.9 Å². The van der Waals surface area contributed by atoms with Gasteiger partial charge in [0, 0.05) is 17.3 Å². The highest BCUT2D eigenvalue weighted by Crippen LogP contribution is 2.34. The molecule has 1 N–H and O–H groups in total. The molecule has 0 radical (unpaired) electrons. The molecule has 9 heteroatoms. The maximum atomic E-state index is 12.4. The Bertz CT molecular complexity index is 1400. The molecule has 0 atom stereocenters. The van der Waals surface area contributed by atoms with Crippen LogP contribution in [0.15, 0.2) is 72.9 Å². The molecule has 1 aromatic heterocycles. The van der Waals surface area contributed by atoms with Gasteiger partial charge in [0.05, 0.1) is 31.8 Å². The van der Waals surface area contributed by atoms with E-state index in [1.165, 1.54) is 6.08 Å². The van der Waals surface area contributed by atoms with E-state index in [-0.39, 0.29) is 12.7 Å². The third-order valence-electron chi connectivity index (χ3n) is 5.43. The predicted molar refractivity (Wildman–Crippen MR) is 130 cm³/mol. The van der Waals surface area contributed by atoms with Crippen LogP contribution in [0.1, 0.15) is 5.56 Å². The molecule has 9 nitrogen and oxygen atoms in total. The van der Waals surface area contributed by atoms with Gasteiger partial charge in [-0.3, -0.25) is 4.79 Å². The molecule has 5 rings (SSSR count). The van der Waals surface area contributed by atoms with Crippen LogP contribution in [0.4, 0.5) is 5.69 Å². The van der Waals surface area contributed by atoms with Gasteiger partial charge in [0.15, 0.2) is 23.0 Å². The fraction of sp³-hybridized carbons (Fsp3) is 0.115. The summed E-state index contributed by atoms with van der Waals surface area (Å²) >= 11 is 0. The lowest BCUT2D eigenvalue weighted by molar-refractivity contribution is -0.111. The molecule has 176 valence electrons. The van der Waals surface area contributed by atoms with Gasteiger partial charge in [-0.1, -0.05) is 11.3 Å². The van der Waals surface area contributed by atoms with Crippen LogP contribution in [0.5, 0.6) is 23.0 Å². The van der Waals surface area contributed by atoms with Gasteiger partial charge in [-0.05, 0) is 66.2 Å². The number of ether oxygens (including phenoxy) is 4. The predicted octanol–water partition coefficient (Wildman–Crippen LogP) is 4.33. The highest BCUT2D eigenvalue weighted by Gasteiger charge is 2.14. The molecule has 3 aromatic carbocycles. The van der Waals surface area contributed by atoms with E-state index < -0.39 is 0 Å². The first-order valence-electron chi connectivity index (χ1n) is 10.8. The zero-order valence-electron chi connectivity index (χ0n) is 19.1. The normalized spacial score (nSPS) is 12.1. The van der Waals surface area contributed by atoms with Gasteiger partial charge in [-0.25, -0.2) is 4.68 Å². The summed E-state index contributed by atoms with van der Waals surface area (Å²) in [5.41, 5.74) is 3.95. The van der Waals surface area contributed by atoms with Gasteiger partial charge in [0.1, 0.15) is 0 Å². The number of aromatic nitrogens is 3. The van der Waals surface area contributed by atoms with Gasteiger partial charge in [-0.15, -0.1) is 5.10 Å². The Balaban J connectivity index is 1.28. The van der Waals surface area contributed by atoms with Crippen LogP contribution in [0.3, 0.4) is 0 Å². The maximum absolute atomic E-state index is 12.4. The van der Waals surface area contributed by atoms with E-state index in [1.54, 1.807) is 31.2 Å². The molecule has 0 saturated carbocycles. The topological polar surface area (TPSA) is 96.7 Å². The van der Waals surface area contributed by atoms with Gasteiger partial charge in [0.2, 0.25) is 12.7 Å². The van der Waals surface area contributed by atoms with E-state index >= 15 is 0 Å². The summed E-state index contributed by atoms with van der Waals surface area (Å²) in [5, 5.41) is 11.1. The van der Waals surface area contributed by atoms with E-state index in [1.807, 2.05) is 60.7 Å². The largest absolute Gasteiger partial charge is 0.493 e. The Labute approximate surface area is 201 Å². The molecule has 0 bridgehead atoms. The monoisotopic (exact) mass is 470 g/mol. The number of rotatable bonds is 7. The third kappa shape index (κ3) is 4.65. The number of amides is 1. The van der Waals surface area contributed by atoms with E-state index in [2.05, 4.69) is 15.6 Å². The van der Waals surface area contributed by atoms with E-state index in [9.17, 15) is 4.79 Å². The number of benzene rings is 3. The van der Waals surface area contributed by atoms with Crippen LogP contribution in [0, 0.1) is 0 Å². The van der Waals surface area contributed by atoms with Crippen LogP contribution in [0.25, 0.3) is 23.0 Å². The second-order valence-corrected chi connectivity index (χ2v) is 7.58. The Hall–Kier alpha value is -4.79. The molecule has 1 aliphatic rings. The minimum Gasteiger partial charge on any atom is -0.493 e. The van der Waals surface area contributed by atoms with Crippen molar-refractivity contribution in [2.45, 2.75) is 0 Å². The summed E-state index contributed by atoms with van der Waals surface area (Å²) in [5.74, 6) is 2.38. The number of methoxy groups -OCH3 is 2. The molecule has 0 unspecified atom stereocenters. The number of fused-ring (bicyclic) bond motifs is 1. The maximum Gasteiger partial charge on any atom is 0.248 e. The molecule has 0 saturated heterocycles. The molecule has 1 amide bonds. The van der Waals surface area contributed by atoms with Gasteiger partial charge in [0.25, 0.3) is 0 Å². The van der Waals surface area contributed by atoms with E-state index in [4.69, 9.17) is 18.9 Å². The van der Waals surface area contributed by atoms with Crippen LogP contribution in [-0.4, -0.2) is 41.9 Å². The van der Waals surface area contributed by atoms with Crippen molar-refractivity contribution in [1.29, 1.82) is 0 Å². The van der Waals surface area contributed by atoms with Gasteiger partial charge in [-0.2, -0.15) is 0 Å². The number of anilines is 1. The smallest absolute Gasteiger partial charge is 0.248 e. The Morgan fingerprint density at radius 1 is 0.971 bits per heavy atom. The summed E-state index contributed by atoms with van der Waals surface area (Å²) in [7, 11) is 3.19. The van der Waals surface area contributed by atoms with Crippen LogP contribution in [0.2, 0.25) is 0 Å². The molecular weight excluding hydrogens is 448 g/mol. The molecular formula is C26H22N4O5. The second kappa shape index (κ2) is 9.60. The van der Waals surface area contributed by atoms with Crippen molar-refractivity contribution in [3.05, 3.63) is 78.5 Å². The van der Waals surface area contributed by atoms with Crippen molar-refractivity contribution in [1.82, 2.24) is 15.0 Å². The average molecular weight is 470 g/mol. The minimum absolute atomic E-state index is 0.212. The number of nitrogens with one attached hydrogen (secondary N) is 1. The lowest BCUT2D eigenvalue weighted by atomic mass is 10.1. The fourth-order valence-corrected chi connectivity index (χ4v) is 3.68.